The lowest BCUT2D eigenvalue weighted by Gasteiger charge is -2.37. The Balaban J connectivity index is 1.47. The van der Waals surface area contributed by atoms with Gasteiger partial charge in [0, 0.05) is 36.8 Å². The first-order valence-electron chi connectivity index (χ1n) is 10.8. The summed E-state index contributed by atoms with van der Waals surface area (Å²) in [6, 6.07) is 25.5. The SMILES string of the molecule is O=C1C(Sc2ccccc2)=C(N2CCN(c3ccccc3)CC2)C(=O)N1c1ccccc1F. The van der Waals surface area contributed by atoms with Crippen molar-refractivity contribution >= 4 is 35.0 Å². The molecule has 1 fully saturated rings. The molecule has 2 heterocycles. The van der Waals surface area contributed by atoms with Crippen molar-refractivity contribution in [2.45, 2.75) is 4.90 Å². The van der Waals surface area contributed by atoms with Gasteiger partial charge in [0.15, 0.2) is 0 Å². The first-order valence-corrected chi connectivity index (χ1v) is 11.6. The zero-order valence-corrected chi connectivity index (χ0v) is 18.7. The summed E-state index contributed by atoms with van der Waals surface area (Å²) in [7, 11) is 0. The Morgan fingerprint density at radius 3 is 1.91 bits per heavy atom. The molecule has 2 aliphatic heterocycles. The summed E-state index contributed by atoms with van der Waals surface area (Å²) in [6.07, 6.45) is 0. The van der Waals surface area contributed by atoms with Crippen LogP contribution in [0.25, 0.3) is 0 Å². The van der Waals surface area contributed by atoms with Gasteiger partial charge in [-0.2, -0.15) is 0 Å². The predicted octanol–water partition coefficient (Wildman–Crippen LogP) is 4.53. The zero-order chi connectivity index (χ0) is 22.8. The van der Waals surface area contributed by atoms with E-state index in [1.54, 1.807) is 12.1 Å². The second-order valence-electron chi connectivity index (χ2n) is 7.80. The number of carbonyl (C=O) groups is 2. The van der Waals surface area contributed by atoms with Gasteiger partial charge in [-0.05, 0) is 36.4 Å². The number of hydrogen-bond donors (Lipinski definition) is 0. The molecule has 5 rings (SSSR count). The molecule has 0 aromatic heterocycles. The van der Waals surface area contributed by atoms with Crippen LogP contribution in [0.4, 0.5) is 15.8 Å². The van der Waals surface area contributed by atoms with Crippen LogP contribution in [0.15, 0.2) is 100 Å². The van der Waals surface area contributed by atoms with Crippen LogP contribution in [0.5, 0.6) is 0 Å². The van der Waals surface area contributed by atoms with E-state index in [0.29, 0.717) is 23.7 Å². The van der Waals surface area contributed by atoms with Gasteiger partial charge in [0.05, 0.1) is 5.69 Å². The zero-order valence-electron chi connectivity index (χ0n) is 17.9. The summed E-state index contributed by atoms with van der Waals surface area (Å²) >= 11 is 1.26. The van der Waals surface area contributed by atoms with E-state index in [0.717, 1.165) is 28.6 Å². The summed E-state index contributed by atoms with van der Waals surface area (Å²) in [4.78, 5) is 33.4. The number of piperazine rings is 1. The molecule has 0 unspecified atom stereocenters. The van der Waals surface area contributed by atoms with Crippen LogP contribution in [0.3, 0.4) is 0 Å². The summed E-state index contributed by atoms with van der Waals surface area (Å²) < 4.78 is 14.6. The van der Waals surface area contributed by atoms with E-state index in [1.165, 1.54) is 23.9 Å². The Labute approximate surface area is 196 Å². The normalized spacial score (nSPS) is 16.7. The number of carbonyl (C=O) groups excluding carboxylic acids is 2. The minimum Gasteiger partial charge on any atom is -0.368 e. The Hall–Kier alpha value is -3.58. The van der Waals surface area contributed by atoms with Gasteiger partial charge in [-0.25, -0.2) is 9.29 Å². The summed E-state index contributed by atoms with van der Waals surface area (Å²) in [5.74, 6) is -1.56. The van der Waals surface area contributed by atoms with Crippen molar-refractivity contribution in [2.75, 3.05) is 36.0 Å². The molecule has 1 saturated heterocycles. The molecular formula is C26H22FN3O2S. The lowest BCUT2D eigenvalue weighted by Crippen LogP contribution is -2.47. The number of rotatable bonds is 5. The molecule has 0 radical (unpaired) electrons. The fourth-order valence-corrected chi connectivity index (χ4v) is 5.17. The number of thioether (sulfide) groups is 1. The van der Waals surface area contributed by atoms with Gasteiger partial charge in [-0.1, -0.05) is 60.3 Å². The van der Waals surface area contributed by atoms with Gasteiger partial charge in [-0.3, -0.25) is 9.59 Å². The smallest absolute Gasteiger partial charge is 0.283 e. The van der Waals surface area contributed by atoms with Crippen LogP contribution in [-0.4, -0.2) is 42.9 Å². The Morgan fingerprint density at radius 2 is 1.24 bits per heavy atom. The monoisotopic (exact) mass is 459 g/mol. The maximum absolute atomic E-state index is 14.6. The number of para-hydroxylation sites is 2. The molecule has 2 aliphatic rings. The Kier molecular flexibility index (Phi) is 5.88. The number of nitrogens with zero attached hydrogens (tertiary/aromatic N) is 3. The van der Waals surface area contributed by atoms with E-state index in [1.807, 2.05) is 53.4 Å². The molecule has 33 heavy (non-hydrogen) atoms. The second kappa shape index (κ2) is 9.11. The van der Waals surface area contributed by atoms with E-state index in [2.05, 4.69) is 17.0 Å². The largest absolute Gasteiger partial charge is 0.368 e. The number of benzene rings is 3. The molecule has 0 N–H and O–H groups in total. The van der Waals surface area contributed by atoms with E-state index in [-0.39, 0.29) is 5.69 Å². The molecule has 166 valence electrons. The Bertz CT molecular complexity index is 1210. The molecule has 0 bridgehead atoms. The van der Waals surface area contributed by atoms with Crippen LogP contribution in [-0.2, 0) is 9.59 Å². The maximum atomic E-state index is 14.6. The van der Waals surface area contributed by atoms with Gasteiger partial charge < -0.3 is 9.80 Å². The average molecular weight is 460 g/mol. The van der Waals surface area contributed by atoms with Crippen LogP contribution < -0.4 is 9.80 Å². The van der Waals surface area contributed by atoms with Crippen molar-refractivity contribution in [3.05, 3.63) is 101 Å². The third kappa shape index (κ3) is 4.12. The molecule has 0 aliphatic carbocycles. The highest BCUT2D eigenvalue weighted by Gasteiger charge is 2.43. The predicted molar refractivity (Wildman–Crippen MR) is 128 cm³/mol. The van der Waals surface area contributed by atoms with E-state index >= 15 is 0 Å². The fraction of sp³-hybridized carbons (Fsp3) is 0.154. The van der Waals surface area contributed by atoms with E-state index in [4.69, 9.17) is 0 Å². The molecule has 5 nitrogen and oxygen atoms in total. The Morgan fingerprint density at radius 1 is 0.667 bits per heavy atom. The molecule has 0 atom stereocenters. The van der Waals surface area contributed by atoms with Crippen molar-refractivity contribution in [3.8, 4) is 0 Å². The topological polar surface area (TPSA) is 43.9 Å². The number of imide groups is 1. The number of anilines is 2. The lowest BCUT2D eigenvalue weighted by molar-refractivity contribution is -0.121. The van der Waals surface area contributed by atoms with Crippen molar-refractivity contribution in [2.24, 2.45) is 0 Å². The molecule has 3 aromatic rings. The third-order valence-electron chi connectivity index (χ3n) is 5.79. The van der Waals surface area contributed by atoms with Crippen molar-refractivity contribution < 1.29 is 14.0 Å². The van der Waals surface area contributed by atoms with E-state index in [9.17, 15) is 14.0 Å². The standard InChI is InChI=1S/C26H22FN3O2S/c27-21-13-7-8-14-22(21)30-25(31)23(24(26(30)32)33-20-11-5-2-6-12-20)29-17-15-28(16-18-29)19-9-3-1-4-10-19/h1-14H,15-18H2. The number of halogens is 1. The van der Waals surface area contributed by atoms with Crippen molar-refractivity contribution in [1.29, 1.82) is 0 Å². The highest BCUT2D eigenvalue weighted by Crippen LogP contribution is 2.39. The quantitative estimate of drug-likeness (QED) is 0.525. The first-order chi connectivity index (χ1) is 16.1. The maximum Gasteiger partial charge on any atom is 0.283 e. The number of amides is 2. The minimum absolute atomic E-state index is 0.0171. The average Bonchev–Trinajstić information content (AvgIpc) is 3.10. The van der Waals surface area contributed by atoms with Gasteiger partial charge >= 0.3 is 0 Å². The molecule has 3 aromatic carbocycles. The van der Waals surface area contributed by atoms with Gasteiger partial charge in [0.2, 0.25) is 0 Å². The van der Waals surface area contributed by atoms with Crippen molar-refractivity contribution in [1.82, 2.24) is 4.90 Å². The summed E-state index contributed by atoms with van der Waals surface area (Å²) in [5.41, 5.74) is 1.47. The second-order valence-corrected chi connectivity index (χ2v) is 8.88. The highest BCUT2D eigenvalue weighted by atomic mass is 32.2. The van der Waals surface area contributed by atoms with Gasteiger partial charge in [-0.15, -0.1) is 0 Å². The third-order valence-corrected chi connectivity index (χ3v) is 6.87. The molecular weight excluding hydrogens is 437 g/mol. The molecule has 7 heteroatoms. The van der Waals surface area contributed by atoms with Crippen LogP contribution in [0, 0.1) is 5.82 Å². The highest BCUT2D eigenvalue weighted by molar-refractivity contribution is 8.04. The van der Waals surface area contributed by atoms with Crippen LogP contribution >= 0.6 is 11.8 Å². The van der Waals surface area contributed by atoms with Gasteiger partial charge in [0.25, 0.3) is 11.8 Å². The van der Waals surface area contributed by atoms with Crippen molar-refractivity contribution in [3.63, 3.8) is 0 Å². The summed E-state index contributed by atoms with van der Waals surface area (Å²) in [6.45, 7) is 2.62. The molecule has 2 amide bonds. The molecule has 0 saturated carbocycles. The minimum atomic E-state index is -0.599. The number of hydrogen-bond acceptors (Lipinski definition) is 5. The fourth-order valence-electron chi connectivity index (χ4n) is 4.15. The molecule has 0 spiro atoms. The van der Waals surface area contributed by atoms with E-state index < -0.39 is 17.6 Å². The van der Waals surface area contributed by atoms with Crippen LogP contribution in [0.2, 0.25) is 0 Å². The van der Waals surface area contributed by atoms with Crippen LogP contribution in [0.1, 0.15) is 0 Å². The lowest BCUT2D eigenvalue weighted by atomic mass is 10.2. The summed E-state index contributed by atoms with van der Waals surface area (Å²) in [5, 5.41) is 0. The van der Waals surface area contributed by atoms with Gasteiger partial charge in [0.1, 0.15) is 16.4 Å². The first kappa shape index (κ1) is 21.3.